The van der Waals surface area contributed by atoms with E-state index in [0.717, 1.165) is 12.1 Å². The van der Waals surface area contributed by atoms with Gasteiger partial charge < -0.3 is 19.1 Å². The number of halogens is 5. The molecule has 6 nitrogen and oxygen atoms in total. The maximum atomic E-state index is 12.7. The molecular formula is C20H19F5N2O4. The van der Waals surface area contributed by atoms with E-state index in [2.05, 4.69) is 14.5 Å². The van der Waals surface area contributed by atoms with Crippen LogP contribution in [0.4, 0.5) is 27.6 Å². The van der Waals surface area contributed by atoms with Gasteiger partial charge in [0.1, 0.15) is 17.5 Å². The average Bonchev–Trinajstić information content (AvgIpc) is 3.14. The summed E-state index contributed by atoms with van der Waals surface area (Å²) in [6, 6.07) is 6.79. The fraction of sp³-hybridized carbons (Fsp3) is 0.400. The Kier molecular flexibility index (Phi) is 6.94. The first-order valence-corrected chi connectivity index (χ1v) is 9.22. The molecule has 1 aromatic heterocycles. The lowest BCUT2D eigenvalue weighted by atomic mass is 10.2. The summed E-state index contributed by atoms with van der Waals surface area (Å²) in [6.07, 6.45) is -3.23. The van der Waals surface area contributed by atoms with Gasteiger partial charge in [0, 0.05) is 6.42 Å². The molecule has 0 amide bonds. The van der Waals surface area contributed by atoms with E-state index in [-0.39, 0.29) is 24.6 Å². The number of rotatable bonds is 7. The average molecular weight is 446 g/mol. The summed E-state index contributed by atoms with van der Waals surface area (Å²) in [5, 5.41) is 0. The van der Waals surface area contributed by atoms with E-state index >= 15 is 0 Å². The molecule has 168 valence electrons. The van der Waals surface area contributed by atoms with E-state index in [9.17, 15) is 26.7 Å². The molecule has 11 heteroatoms. The number of pyridine rings is 1. The first-order valence-electron chi connectivity index (χ1n) is 9.22. The number of carbonyl (C=O) groups excluding carboxylic acids is 1. The predicted molar refractivity (Wildman–Crippen MR) is 99.1 cm³/mol. The second-order valence-electron chi connectivity index (χ2n) is 6.79. The Hall–Kier alpha value is -2.95. The van der Waals surface area contributed by atoms with Gasteiger partial charge in [-0.2, -0.15) is 22.0 Å². The molecule has 1 saturated heterocycles. The van der Waals surface area contributed by atoms with E-state index in [1.54, 1.807) is 11.0 Å². The third-order valence-electron chi connectivity index (χ3n) is 4.75. The minimum absolute atomic E-state index is 0.0865. The second kappa shape index (κ2) is 9.46. The summed E-state index contributed by atoms with van der Waals surface area (Å²) in [6.45, 7) is -2.97. The molecule has 0 radical (unpaired) electrons. The van der Waals surface area contributed by atoms with Crippen LogP contribution in [0.15, 0.2) is 42.6 Å². The normalized spacial score (nSPS) is 19.0. The highest BCUT2D eigenvalue weighted by molar-refractivity contribution is 5.87. The third-order valence-corrected chi connectivity index (χ3v) is 4.75. The monoisotopic (exact) mass is 446 g/mol. The maximum Gasteiger partial charge on any atom is 0.416 e. The van der Waals surface area contributed by atoms with Gasteiger partial charge in [0.05, 0.1) is 43.8 Å². The molecule has 2 atom stereocenters. The minimum Gasteiger partial charge on any atom is -0.489 e. The maximum absolute atomic E-state index is 12.7. The zero-order valence-corrected chi connectivity index (χ0v) is 16.3. The molecule has 0 N–H and O–H groups in total. The van der Waals surface area contributed by atoms with Crippen molar-refractivity contribution >= 4 is 11.7 Å². The minimum atomic E-state index is -4.45. The highest BCUT2D eigenvalue weighted by Gasteiger charge is 2.35. The predicted octanol–water partition coefficient (Wildman–Crippen LogP) is 4.15. The van der Waals surface area contributed by atoms with Gasteiger partial charge in [-0.15, -0.1) is 0 Å². The van der Waals surface area contributed by atoms with E-state index in [1.165, 1.54) is 31.5 Å². The molecule has 0 aliphatic carbocycles. The van der Waals surface area contributed by atoms with Crippen molar-refractivity contribution in [3.8, 4) is 5.75 Å². The number of ether oxygens (including phenoxy) is 3. The molecule has 0 saturated carbocycles. The summed E-state index contributed by atoms with van der Waals surface area (Å²) in [4.78, 5) is 17.3. The summed E-state index contributed by atoms with van der Waals surface area (Å²) in [7, 11) is 1.22. The SMILES string of the molecule is COC(=O)c1ccc(N2C[C@@H](Oc3ccc(C(F)(F)F)cc3)C[C@H]2COC(F)F)cn1. The van der Waals surface area contributed by atoms with Crippen molar-refractivity contribution in [2.45, 2.75) is 31.4 Å². The lowest BCUT2D eigenvalue weighted by molar-refractivity contribution is -0.137. The van der Waals surface area contributed by atoms with Crippen molar-refractivity contribution in [3.63, 3.8) is 0 Å². The van der Waals surface area contributed by atoms with Crippen molar-refractivity contribution < 1.29 is 41.0 Å². The first-order chi connectivity index (χ1) is 14.7. The highest BCUT2D eigenvalue weighted by atomic mass is 19.4. The molecule has 1 aromatic carbocycles. The number of hydrogen-bond acceptors (Lipinski definition) is 6. The van der Waals surface area contributed by atoms with Gasteiger partial charge in [-0.25, -0.2) is 9.78 Å². The molecule has 1 aliphatic rings. The van der Waals surface area contributed by atoms with Crippen molar-refractivity contribution in [2.75, 3.05) is 25.2 Å². The zero-order chi connectivity index (χ0) is 22.6. The Balaban J connectivity index is 1.73. The van der Waals surface area contributed by atoms with Gasteiger partial charge in [0.2, 0.25) is 0 Å². The van der Waals surface area contributed by atoms with Gasteiger partial charge in [-0.3, -0.25) is 0 Å². The number of methoxy groups -OCH3 is 1. The number of carbonyl (C=O) groups is 1. The smallest absolute Gasteiger partial charge is 0.416 e. The van der Waals surface area contributed by atoms with Crippen LogP contribution in [0.5, 0.6) is 5.75 Å². The first kappa shape index (κ1) is 22.7. The van der Waals surface area contributed by atoms with Gasteiger partial charge in [-0.05, 0) is 36.4 Å². The van der Waals surface area contributed by atoms with Gasteiger partial charge in [0.15, 0.2) is 0 Å². The van der Waals surface area contributed by atoms with Crippen molar-refractivity contribution in [1.29, 1.82) is 0 Å². The Morgan fingerprint density at radius 2 is 1.90 bits per heavy atom. The molecule has 31 heavy (non-hydrogen) atoms. The Morgan fingerprint density at radius 3 is 2.45 bits per heavy atom. The van der Waals surface area contributed by atoms with Crippen LogP contribution in [0.25, 0.3) is 0 Å². The van der Waals surface area contributed by atoms with Gasteiger partial charge >= 0.3 is 18.8 Å². The van der Waals surface area contributed by atoms with Gasteiger partial charge in [0.25, 0.3) is 0 Å². The fourth-order valence-electron chi connectivity index (χ4n) is 3.31. The van der Waals surface area contributed by atoms with Crippen molar-refractivity contribution in [3.05, 3.63) is 53.9 Å². The molecule has 3 rings (SSSR count). The van der Waals surface area contributed by atoms with E-state index < -0.39 is 36.5 Å². The molecular weight excluding hydrogens is 427 g/mol. The van der Waals surface area contributed by atoms with E-state index in [1.807, 2.05) is 0 Å². The molecule has 1 aliphatic heterocycles. The van der Waals surface area contributed by atoms with Crippen LogP contribution in [0.2, 0.25) is 0 Å². The standard InChI is InChI=1S/C20H19F5N2O4/c1-29-18(28)17-7-4-13(9-26-17)27-10-16(8-14(27)11-30-19(21)22)31-15-5-2-12(3-6-15)20(23,24)25/h2-7,9,14,16,19H,8,10-11H2,1H3/t14-,16-/m0/s1. The van der Waals surface area contributed by atoms with Crippen LogP contribution in [0, 0.1) is 0 Å². The summed E-state index contributed by atoms with van der Waals surface area (Å²) < 4.78 is 78.0. The Bertz CT molecular complexity index is 875. The number of anilines is 1. The largest absolute Gasteiger partial charge is 0.489 e. The van der Waals surface area contributed by atoms with Crippen LogP contribution < -0.4 is 9.64 Å². The summed E-state index contributed by atoms with van der Waals surface area (Å²) in [5.74, 6) is -0.387. The topological polar surface area (TPSA) is 60.9 Å². The number of alkyl halides is 5. The van der Waals surface area contributed by atoms with Crippen LogP contribution in [0.1, 0.15) is 22.5 Å². The van der Waals surface area contributed by atoms with E-state index in [0.29, 0.717) is 12.1 Å². The highest BCUT2D eigenvalue weighted by Crippen LogP contribution is 2.32. The number of aromatic nitrogens is 1. The Labute approximate surface area is 174 Å². The fourth-order valence-corrected chi connectivity index (χ4v) is 3.31. The molecule has 0 bridgehead atoms. The van der Waals surface area contributed by atoms with Crippen molar-refractivity contribution in [2.24, 2.45) is 0 Å². The molecule has 1 fully saturated rings. The van der Waals surface area contributed by atoms with Crippen LogP contribution >= 0.6 is 0 Å². The number of nitrogens with zero attached hydrogens (tertiary/aromatic N) is 2. The van der Waals surface area contributed by atoms with Crippen LogP contribution in [0.3, 0.4) is 0 Å². The lowest BCUT2D eigenvalue weighted by Crippen LogP contribution is -2.34. The number of benzene rings is 1. The van der Waals surface area contributed by atoms with Crippen LogP contribution in [-0.2, 0) is 15.7 Å². The second-order valence-corrected chi connectivity index (χ2v) is 6.79. The van der Waals surface area contributed by atoms with Crippen molar-refractivity contribution in [1.82, 2.24) is 4.98 Å². The zero-order valence-electron chi connectivity index (χ0n) is 16.3. The molecule has 0 unspecified atom stereocenters. The summed E-state index contributed by atoms with van der Waals surface area (Å²) in [5.41, 5.74) is -0.162. The Morgan fingerprint density at radius 1 is 1.19 bits per heavy atom. The molecule has 0 spiro atoms. The quantitative estimate of drug-likeness (QED) is 0.471. The number of hydrogen-bond donors (Lipinski definition) is 0. The third kappa shape index (κ3) is 5.81. The van der Waals surface area contributed by atoms with Gasteiger partial charge in [-0.1, -0.05) is 0 Å². The lowest BCUT2D eigenvalue weighted by Gasteiger charge is -2.25. The summed E-state index contributed by atoms with van der Waals surface area (Å²) >= 11 is 0. The van der Waals surface area contributed by atoms with Crippen LogP contribution in [-0.4, -0.2) is 50.0 Å². The number of esters is 1. The molecule has 2 heterocycles. The molecule has 2 aromatic rings. The van der Waals surface area contributed by atoms with E-state index in [4.69, 9.17) is 4.74 Å².